The Kier molecular flexibility index (Phi) is 5.98. The van der Waals surface area contributed by atoms with Crippen molar-refractivity contribution in [2.75, 3.05) is 31.9 Å². The molecule has 3 heterocycles. The van der Waals surface area contributed by atoms with Gasteiger partial charge in [0.15, 0.2) is 0 Å². The molecule has 0 spiro atoms. The summed E-state index contributed by atoms with van der Waals surface area (Å²) >= 11 is 1.68. The Morgan fingerprint density at radius 2 is 1.91 bits per heavy atom. The highest BCUT2D eigenvalue weighted by molar-refractivity contribution is 7.98. The summed E-state index contributed by atoms with van der Waals surface area (Å²) in [6.07, 6.45) is 8.24. The van der Waals surface area contributed by atoms with Crippen molar-refractivity contribution in [1.82, 2.24) is 9.61 Å². The Balaban J connectivity index is 1.69. The average molecular weight is 464 g/mol. The predicted molar refractivity (Wildman–Crippen MR) is 133 cm³/mol. The van der Waals surface area contributed by atoms with E-state index in [0.717, 1.165) is 57.9 Å². The number of aryl methyl sites for hydroxylation is 1. The molecule has 1 saturated carbocycles. The standard InChI is InChI=1S/C26H29N3O3S/c1-17-12-22(30-2)24(23(13-17)31-3)20-6-5-7-21-25(26(33-4)27-29(20)21)28(14-18-8-9-18)15-19-10-11-32-16-19/h5-7,10-13,16,18H,8-9,14-15H2,1-4H3. The molecule has 4 aromatic rings. The van der Waals surface area contributed by atoms with Gasteiger partial charge in [-0.15, -0.1) is 11.8 Å². The average Bonchev–Trinajstić information content (AvgIpc) is 3.34. The molecule has 0 atom stereocenters. The summed E-state index contributed by atoms with van der Waals surface area (Å²) in [5.41, 5.74) is 6.34. The topological polar surface area (TPSA) is 52.1 Å². The molecule has 0 unspecified atom stereocenters. The van der Waals surface area contributed by atoms with E-state index in [2.05, 4.69) is 29.4 Å². The van der Waals surface area contributed by atoms with E-state index in [1.165, 1.54) is 24.1 Å². The molecule has 6 nitrogen and oxygen atoms in total. The quantitative estimate of drug-likeness (QED) is 0.281. The maximum atomic E-state index is 5.77. The van der Waals surface area contributed by atoms with Gasteiger partial charge in [-0.05, 0) is 67.8 Å². The lowest BCUT2D eigenvalue weighted by atomic mass is 10.1. The van der Waals surface area contributed by atoms with Crippen molar-refractivity contribution in [3.63, 3.8) is 0 Å². The van der Waals surface area contributed by atoms with Crippen molar-refractivity contribution in [2.45, 2.75) is 31.3 Å². The lowest BCUT2D eigenvalue weighted by molar-refractivity contribution is 0.396. The highest BCUT2D eigenvalue weighted by Gasteiger charge is 2.29. The minimum atomic E-state index is 0.738. The molecule has 5 rings (SSSR count). The van der Waals surface area contributed by atoms with Crippen LogP contribution in [0.3, 0.4) is 0 Å². The lowest BCUT2D eigenvalue weighted by Gasteiger charge is -2.24. The highest BCUT2D eigenvalue weighted by Crippen LogP contribution is 2.43. The number of rotatable bonds is 9. The summed E-state index contributed by atoms with van der Waals surface area (Å²) < 4.78 is 18.9. The van der Waals surface area contributed by atoms with Crippen LogP contribution in [0.15, 0.2) is 58.4 Å². The van der Waals surface area contributed by atoms with Gasteiger partial charge in [-0.1, -0.05) is 6.07 Å². The number of furan rings is 1. The first-order valence-electron chi connectivity index (χ1n) is 11.2. The van der Waals surface area contributed by atoms with E-state index in [1.807, 2.05) is 35.9 Å². The molecule has 1 fully saturated rings. The number of fused-ring (bicyclic) bond motifs is 1. The van der Waals surface area contributed by atoms with Crippen molar-refractivity contribution >= 4 is 23.0 Å². The zero-order chi connectivity index (χ0) is 22.9. The first-order chi connectivity index (χ1) is 16.1. The molecule has 0 aliphatic heterocycles. The Labute approximate surface area is 198 Å². The van der Waals surface area contributed by atoms with Crippen LogP contribution in [0, 0.1) is 12.8 Å². The van der Waals surface area contributed by atoms with Gasteiger partial charge in [-0.25, -0.2) is 4.52 Å². The first kappa shape index (κ1) is 21.8. The Morgan fingerprint density at radius 1 is 1.15 bits per heavy atom. The van der Waals surface area contributed by atoms with Crippen LogP contribution in [0.25, 0.3) is 16.8 Å². The fourth-order valence-electron chi connectivity index (χ4n) is 4.41. The van der Waals surface area contributed by atoms with Crippen LogP contribution in [-0.2, 0) is 6.54 Å². The van der Waals surface area contributed by atoms with E-state index in [-0.39, 0.29) is 0 Å². The van der Waals surface area contributed by atoms with E-state index < -0.39 is 0 Å². The molecule has 0 amide bonds. The molecule has 7 heteroatoms. The summed E-state index contributed by atoms with van der Waals surface area (Å²) in [5.74, 6) is 2.28. The molecule has 33 heavy (non-hydrogen) atoms. The van der Waals surface area contributed by atoms with Gasteiger partial charge >= 0.3 is 0 Å². The number of ether oxygens (including phenoxy) is 2. The summed E-state index contributed by atoms with van der Waals surface area (Å²) in [5, 5.41) is 6.07. The Morgan fingerprint density at radius 3 is 2.52 bits per heavy atom. The van der Waals surface area contributed by atoms with E-state index in [9.17, 15) is 0 Å². The number of benzene rings is 1. The molecule has 0 N–H and O–H groups in total. The maximum Gasteiger partial charge on any atom is 0.142 e. The van der Waals surface area contributed by atoms with Gasteiger partial charge in [0.1, 0.15) is 16.5 Å². The normalized spacial score (nSPS) is 13.5. The highest BCUT2D eigenvalue weighted by atomic mass is 32.2. The minimum Gasteiger partial charge on any atom is -0.496 e. The van der Waals surface area contributed by atoms with Crippen LogP contribution in [-0.4, -0.2) is 36.6 Å². The minimum absolute atomic E-state index is 0.738. The summed E-state index contributed by atoms with van der Waals surface area (Å²) in [6, 6.07) is 12.4. The molecule has 1 aliphatic rings. The van der Waals surface area contributed by atoms with Gasteiger partial charge in [0.2, 0.25) is 0 Å². The third kappa shape index (κ3) is 4.17. The largest absolute Gasteiger partial charge is 0.496 e. The summed E-state index contributed by atoms with van der Waals surface area (Å²) in [4.78, 5) is 2.46. The summed E-state index contributed by atoms with van der Waals surface area (Å²) in [6.45, 7) is 3.85. The third-order valence-corrected chi connectivity index (χ3v) is 6.81. The van der Waals surface area contributed by atoms with E-state index in [0.29, 0.717) is 0 Å². The molecule has 1 aliphatic carbocycles. The first-order valence-corrected chi connectivity index (χ1v) is 12.4. The molecular weight excluding hydrogens is 434 g/mol. The van der Waals surface area contributed by atoms with Gasteiger partial charge in [-0.3, -0.25) is 0 Å². The van der Waals surface area contributed by atoms with Gasteiger partial charge in [0.05, 0.1) is 49.2 Å². The zero-order valence-electron chi connectivity index (χ0n) is 19.5. The fraction of sp³-hybridized carbons (Fsp3) is 0.346. The molecule has 0 radical (unpaired) electrons. The van der Waals surface area contributed by atoms with Crippen molar-refractivity contribution < 1.29 is 13.9 Å². The van der Waals surface area contributed by atoms with Crippen LogP contribution < -0.4 is 14.4 Å². The second kappa shape index (κ2) is 9.06. The second-order valence-corrected chi connectivity index (χ2v) is 9.36. The molecule has 0 saturated heterocycles. The number of pyridine rings is 1. The van der Waals surface area contributed by atoms with E-state index in [1.54, 1.807) is 32.2 Å². The van der Waals surface area contributed by atoms with Crippen LogP contribution in [0.2, 0.25) is 0 Å². The van der Waals surface area contributed by atoms with Crippen LogP contribution in [0.4, 0.5) is 5.69 Å². The van der Waals surface area contributed by atoms with Crippen LogP contribution >= 0.6 is 11.8 Å². The van der Waals surface area contributed by atoms with E-state index in [4.69, 9.17) is 19.0 Å². The van der Waals surface area contributed by atoms with Gasteiger partial charge in [-0.2, -0.15) is 5.10 Å². The van der Waals surface area contributed by atoms with Crippen molar-refractivity contribution in [2.24, 2.45) is 5.92 Å². The Hall–Kier alpha value is -3.06. The van der Waals surface area contributed by atoms with Crippen molar-refractivity contribution in [3.8, 4) is 22.8 Å². The van der Waals surface area contributed by atoms with E-state index >= 15 is 0 Å². The van der Waals surface area contributed by atoms with Crippen molar-refractivity contribution in [1.29, 1.82) is 0 Å². The number of nitrogens with zero attached hydrogens (tertiary/aromatic N) is 3. The van der Waals surface area contributed by atoms with Gasteiger partial charge in [0.25, 0.3) is 0 Å². The maximum absolute atomic E-state index is 5.77. The molecule has 0 bridgehead atoms. The van der Waals surface area contributed by atoms with Crippen molar-refractivity contribution in [3.05, 3.63) is 60.1 Å². The lowest BCUT2D eigenvalue weighted by Crippen LogP contribution is -2.25. The monoisotopic (exact) mass is 463 g/mol. The van der Waals surface area contributed by atoms with Gasteiger partial charge < -0.3 is 18.8 Å². The second-order valence-electron chi connectivity index (χ2n) is 8.57. The number of hydrogen-bond donors (Lipinski definition) is 0. The number of methoxy groups -OCH3 is 2. The number of thioether (sulfide) groups is 1. The molecular formula is C26H29N3O3S. The fourth-order valence-corrected chi connectivity index (χ4v) is 5.00. The molecule has 1 aromatic carbocycles. The number of anilines is 1. The number of hydrogen-bond acceptors (Lipinski definition) is 6. The van der Waals surface area contributed by atoms with Crippen LogP contribution in [0.5, 0.6) is 11.5 Å². The van der Waals surface area contributed by atoms with Crippen LogP contribution in [0.1, 0.15) is 24.0 Å². The third-order valence-electron chi connectivity index (χ3n) is 6.15. The summed E-state index contributed by atoms with van der Waals surface area (Å²) in [7, 11) is 3.39. The zero-order valence-corrected chi connectivity index (χ0v) is 20.3. The number of aromatic nitrogens is 2. The molecule has 3 aromatic heterocycles. The smallest absolute Gasteiger partial charge is 0.142 e. The SMILES string of the molecule is COc1cc(C)cc(OC)c1-c1cccc2c(N(Cc3ccoc3)CC3CC3)c(SC)nn12. The Bertz CT molecular complexity index is 1240. The molecule has 172 valence electrons. The van der Waals surface area contributed by atoms with Gasteiger partial charge in [0, 0.05) is 18.7 Å². The predicted octanol–water partition coefficient (Wildman–Crippen LogP) is 6.06.